The number of methoxy groups -OCH3 is 1. The molecule has 0 amide bonds. The predicted octanol–water partition coefficient (Wildman–Crippen LogP) is 3.96. The molecule has 1 aliphatic carbocycles. The maximum absolute atomic E-state index is 13.0. The molecule has 0 radical (unpaired) electrons. The number of benzene rings is 3. The fraction of sp³-hybridized carbons (Fsp3) is 0.290. The minimum absolute atomic E-state index is 0.0250. The summed E-state index contributed by atoms with van der Waals surface area (Å²) < 4.78 is 14.2. The van der Waals surface area contributed by atoms with Gasteiger partial charge in [-0.05, 0) is 54.5 Å². The molecule has 1 heterocycles. The smallest absolute Gasteiger partial charge is 0.328 e. The summed E-state index contributed by atoms with van der Waals surface area (Å²) in [6, 6.07) is 27.8. The first-order valence-corrected chi connectivity index (χ1v) is 12.8. The standard InChI is InChI=1S/C31H32N2O5/c1-22-19-33(29(36)32-28(22)35)30(17-23(18-30)20-34)21-38-31(24-10-5-3-6-11-24,25-12-7-4-8-13-25)26-14-9-15-27(16-26)37-2/h3-16,19,23,34H,17-18,20-21H2,1-2H3,(H,32,35,36)/t23-,30-. The molecule has 5 rings (SSSR count). The van der Waals surface area contributed by atoms with E-state index in [1.807, 2.05) is 84.9 Å². The van der Waals surface area contributed by atoms with Crippen LogP contribution in [0.1, 0.15) is 35.1 Å². The lowest BCUT2D eigenvalue weighted by Gasteiger charge is -2.50. The van der Waals surface area contributed by atoms with Crippen LogP contribution in [0.4, 0.5) is 0 Å². The zero-order chi connectivity index (χ0) is 26.8. The molecule has 1 saturated carbocycles. The number of rotatable bonds is 9. The molecule has 0 saturated heterocycles. The fourth-order valence-electron chi connectivity index (χ4n) is 5.63. The number of aliphatic hydroxyl groups is 1. The summed E-state index contributed by atoms with van der Waals surface area (Å²) >= 11 is 0. The summed E-state index contributed by atoms with van der Waals surface area (Å²) in [6.45, 7) is 1.88. The monoisotopic (exact) mass is 512 g/mol. The predicted molar refractivity (Wildman–Crippen MR) is 146 cm³/mol. The molecule has 3 aromatic carbocycles. The van der Waals surface area contributed by atoms with Gasteiger partial charge in [0.05, 0.1) is 19.3 Å². The van der Waals surface area contributed by atoms with E-state index in [-0.39, 0.29) is 19.1 Å². The Bertz CT molecular complexity index is 1470. The first-order valence-electron chi connectivity index (χ1n) is 12.8. The van der Waals surface area contributed by atoms with Gasteiger partial charge in [0, 0.05) is 18.4 Å². The molecule has 1 fully saturated rings. The van der Waals surface area contributed by atoms with E-state index in [9.17, 15) is 14.7 Å². The van der Waals surface area contributed by atoms with Gasteiger partial charge in [-0.2, -0.15) is 0 Å². The Hall–Kier alpha value is -3.94. The van der Waals surface area contributed by atoms with Crippen LogP contribution in [0, 0.1) is 12.8 Å². The highest BCUT2D eigenvalue weighted by molar-refractivity contribution is 5.49. The summed E-state index contributed by atoms with van der Waals surface area (Å²) in [7, 11) is 1.63. The van der Waals surface area contributed by atoms with E-state index in [0.717, 1.165) is 16.7 Å². The summed E-state index contributed by atoms with van der Waals surface area (Å²) in [4.78, 5) is 27.6. The van der Waals surface area contributed by atoms with Crippen LogP contribution in [0.25, 0.3) is 0 Å². The summed E-state index contributed by atoms with van der Waals surface area (Å²) in [5.74, 6) is 0.742. The average Bonchev–Trinajstić information content (AvgIpc) is 2.93. The van der Waals surface area contributed by atoms with Crippen LogP contribution in [-0.4, -0.2) is 35.0 Å². The topological polar surface area (TPSA) is 93.5 Å². The van der Waals surface area contributed by atoms with E-state index in [2.05, 4.69) is 4.98 Å². The highest BCUT2D eigenvalue weighted by atomic mass is 16.5. The molecule has 7 heteroatoms. The summed E-state index contributed by atoms with van der Waals surface area (Å²) in [6.07, 6.45) is 2.70. The molecular weight excluding hydrogens is 480 g/mol. The highest BCUT2D eigenvalue weighted by Crippen LogP contribution is 2.47. The number of nitrogens with one attached hydrogen (secondary N) is 1. The van der Waals surface area contributed by atoms with Crippen LogP contribution < -0.4 is 16.0 Å². The zero-order valence-corrected chi connectivity index (χ0v) is 21.6. The number of ether oxygens (including phenoxy) is 2. The molecule has 0 bridgehead atoms. The number of hydrogen-bond acceptors (Lipinski definition) is 5. The SMILES string of the molecule is COc1cccc(C(OC[C@]2(n3cc(C)c(=O)[nH]c3=O)C[C@H](CO)C2)(c2ccccc2)c2ccccc2)c1. The van der Waals surface area contributed by atoms with E-state index in [1.54, 1.807) is 24.8 Å². The van der Waals surface area contributed by atoms with Crippen molar-refractivity contribution in [2.75, 3.05) is 20.3 Å². The van der Waals surface area contributed by atoms with Gasteiger partial charge in [-0.15, -0.1) is 0 Å². The van der Waals surface area contributed by atoms with Crippen LogP contribution in [0.5, 0.6) is 5.75 Å². The van der Waals surface area contributed by atoms with E-state index in [4.69, 9.17) is 9.47 Å². The Balaban J connectivity index is 1.68. The van der Waals surface area contributed by atoms with E-state index >= 15 is 0 Å². The molecule has 2 N–H and O–H groups in total. The molecule has 0 unspecified atom stereocenters. The van der Waals surface area contributed by atoms with E-state index in [1.165, 1.54) is 0 Å². The third-order valence-corrected chi connectivity index (χ3v) is 7.62. The van der Waals surface area contributed by atoms with Gasteiger partial charge in [-0.25, -0.2) is 4.79 Å². The number of nitrogens with zero attached hydrogens (tertiary/aromatic N) is 1. The van der Waals surface area contributed by atoms with Gasteiger partial charge in [-0.1, -0.05) is 72.8 Å². The first-order chi connectivity index (χ1) is 18.4. The third kappa shape index (κ3) is 4.48. The molecule has 38 heavy (non-hydrogen) atoms. The van der Waals surface area contributed by atoms with Crippen molar-refractivity contribution in [3.63, 3.8) is 0 Å². The van der Waals surface area contributed by atoms with Crippen molar-refractivity contribution < 1.29 is 14.6 Å². The number of aliphatic hydroxyl groups excluding tert-OH is 1. The second-order valence-corrected chi connectivity index (χ2v) is 10.1. The van der Waals surface area contributed by atoms with Gasteiger partial charge in [-0.3, -0.25) is 14.3 Å². The molecule has 7 nitrogen and oxygen atoms in total. The minimum Gasteiger partial charge on any atom is -0.497 e. The highest BCUT2D eigenvalue weighted by Gasteiger charge is 2.49. The van der Waals surface area contributed by atoms with Gasteiger partial charge in [0.25, 0.3) is 5.56 Å². The van der Waals surface area contributed by atoms with Crippen molar-refractivity contribution in [2.24, 2.45) is 5.92 Å². The molecule has 1 aliphatic rings. The molecule has 196 valence electrons. The largest absolute Gasteiger partial charge is 0.497 e. The second-order valence-electron chi connectivity index (χ2n) is 10.1. The number of aromatic amines is 1. The normalized spacial score (nSPS) is 19.1. The van der Waals surface area contributed by atoms with Crippen molar-refractivity contribution >= 4 is 0 Å². The van der Waals surface area contributed by atoms with Crippen LogP contribution in [0.2, 0.25) is 0 Å². The number of H-pyrrole nitrogens is 1. The van der Waals surface area contributed by atoms with Gasteiger partial charge < -0.3 is 14.6 Å². The van der Waals surface area contributed by atoms with Crippen molar-refractivity contribution in [3.05, 3.63) is 134 Å². The lowest BCUT2D eigenvalue weighted by Crippen LogP contribution is -2.57. The van der Waals surface area contributed by atoms with Crippen molar-refractivity contribution in [2.45, 2.75) is 30.9 Å². The summed E-state index contributed by atoms with van der Waals surface area (Å²) in [5.41, 5.74) is 0.554. The number of aromatic nitrogens is 2. The molecule has 0 aliphatic heterocycles. The Labute approximate surface area is 221 Å². The van der Waals surface area contributed by atoms with Crippen molar-refractivity contribution in [1.29, 1.82) is 0 Å². The Morgan fingerprint density at radius 3 is 2.13 bits per heavy atom. The van der Waals surface area contributed by atoms with Gasteiger partial charge in [0.2, 0.25) is 0 Å². The minimum atomic E-state index is -1.02. The average molecular weight is 513 g/mol. The Kier molecular flexibility index (Phi) is 7.06. The van der Waals surface area contributed by atoms with Crippen LogP contribution >= 0.6 is 0 Å². The lowest BCUT2D eigenvalue weighted by atomic mass is 9.68. The molecule has 1 aromatic heterocycles. The molecule has 4 aromatic rings. The Morgan fingerprint density at radius 2 is 1.55 bits per heavy atom. The van der Waals surface area contributed by atoms with Gasteiger partial charge in [0.15, 0.2) is 0 Å². The van der Waals surface area contributed by atoms with E-state index in [0.29, 0.717) is 24.2 Å². The van der Waals surface area contributed by atoms with Gasteiger partial charge in [0.1, 0.15) is 11.4 Å². The third-order valence-electron chi connectivity index (χ3n) is 7.62. The van der Waals surface area contributed by atoms with Crippen LogP contribution in [0.3, 0.4) is 0 Å². The maximum Gasteiger partial charge on any atom is 0.328 e. The van der Waals surface area contributed by atoms with Crippen LogP contribution in [0.15, 0.2) is 101 Å². The fourth-order valence-corrected chi connectivity index (χ4v) is 5.63. The van der Waals surface area contributed by atoms with Crippen molar-refractivity contribution in [3.8, 4) is 5.75 Å². The molecular formula is C31H32N2O5. The molecule has 0 atom stereocenters. The second kappa shape index (κ2) is 10.4. The Morgan fingerprint density at radius 1 is 0.947 bits per heavy atom. The van der Waals surface area contributed by atoms with Crippen LogP contribution in [-0.2, 0) is 15.9 Å². The number of aryl methyl sites for hydroxylation is 1. The van der Waals surface area contributed by atoms with Crippen molar-refractivity contribution in [1.82, 2.24) is 9.55 Å². The quantitative estimate of drug-likeness (QED) is 0.331. The van der Waals surface area contributed by atoms with E-state index < -0.39 is 22.4 Å². The maximum atomic E-state index is 13.0. The van der Waals surface area contributed by atoms with Gasteiger partial charge >= 0.3 is 5.69 Å². The summed E-state index contributed by atoms with van der Waals surface area (Å²) in [5, 5.41) is 9.85. The molecule has 0 spiro atoms. The first kappa shape index (κ1) is 25.7. The zero-order valence-electron chi connectivity index (χ0n) is 21.6. The number of hydrogen-bond donors (Lipinski definition) is 2. The lowest BCUT2D eigenvalue weighted by molar-refractivity contribution is -0.0909.